The number of rotatable bonds is 5. The van der Waals surface area contributed by atoms with Crippen molar-refractivity contribution in [2.45, 2.75) is 12.5 Å². The highest BCUT2D eigenvalue weighted by atomic mass is 79.9. The van der Waals surface area contributed by atoms with Crippen LogP contribution in [0.15, 0.2) is 41.0 Å². The third kappa shape index (κ3) is 3.85. The van der Waals surface area contributed by atoms with Gasteiger partial charge in [0.25, 0.3) is 0 Å². The average Bonchev–Trinajstić information content (AvgIpc) is 2.46. The van der Waals surface area contributed by atoms with E-state index in [1.807, 2.05) is 30.3 Å². The summed E-state index contributed by atoms with van der Waals surface area (Å²) >= 11 is 9.12. The molecule has 2 aromatic rings. The number of ether oxygens (including phenoxy) is 2. The topological polar surface area (TPSA) is 31.4 Å². The molecule has 0 aliphatic heterocycles. The van der Waals surface area contributed by atoms with Crippen molar-refractivity contribution in [1.29, 1.82) is 0 Å². The maximum absolute atomic E-state index is 5.68. The van der Waals surface area contributed by atoms with Gasteiger partial charge in [0.15, 0.2) is 0 Å². The minimum Gasteiger partial charge on any atom is -0.496 e. The first kappa shape index (κ1) is 14.2. The minimum absolute atomic E-state index is 0.403. The van der Waals surface area contributed by atoms with Crippen LogP contribution in [0.25, 0.3) is 0 Å². The summed E-state index contributed by atoms with van der Waals surface area (Å²) in [5.41, 5.74) is 1.80. The van der Waals surface area contributed by atoms with Crippen LogP contribution < -0.4 is 9.47 Å². The van der Waals surface area contributed by atoms with E-state index in [4.69, 9.17) is 21.1 Å². The third-order valence-corrected chi connectivity index (χ3v) is 3.34. The van der Waals surface area contributed by atoms with Gasteiger partial charge in [-0.3, -0.25) is 4.98 Å². The van der Waals surface area contributed by atoms with E-state index in [1.165, 1.54) is 0 Å². The lowest BCUT2D eigenvalue weighted by Crippen LogP contribution is -1.99. The van der Waals surface area contributed by atoms with E-state index >= 15 is 0 Å². The number of alkyl halides is 1. The van der Waals surface area contributed by atoms with Crippen LogP contribution >= 0.6 is 27.5 Å². The summed E-state index contributed by atoms with van der Waals surface area (Å²) in [6, 6.07) is 9.51. The SMILES string of the molecule is COc1ccc(Br)cc1COc1ccc(CCl)nc1. The predicted molar refractivity (Wildman–Crippen MR) is 78.8 cm³/mol. The van der Waals surface area contributed by atoms with Gasteiger partial charge in [0.2, 0.25) is 0 Å². The second kappa shape index (κ2) is 6.78. The second-order valence-electron chi connectivity index (χ2n) is 3.86. The van der Waals surface area contributed by atoms with Gasteiger partial charge in [0.05, 0.1) is 24.9 Å². The fourth-order valence-corrected chi connectivity index (χ4v) is 2.16. The Bertz CT molecular complexity index is 546. The van der Waals surface area contributed by atoms with E-state index < -0.39 is 0 Å². The molecule has 100 valence electrons. The Hall–Kier alpha value is -1.26. The molecule has 0 amide bonds. The summed E-state index contributed by atoms with van der Waals surface area (Å²) in [5, 5.41) is 0. The highest BCUT2D eigenvalue weighted by Crippen LogP contribution is 2.24. The lowest BCUT2D eigenvalue weighted by molar-refractivity contribution is 0.295. The van der Waals surface area contributed by atoms with Crippen LogP contribution in [-0.4, -0.2) is 12.1 Å². The highest BCUT2D eigenvalue weighted by molar-refractivity contribution is 9.10. The van der Waals surface area contributed by atoms with Crippen molar-refractivity contribution in [3.63, 3.8) is 0 Å². The summed E-state index contributed by atoms with van der Waals surface area (Å²) in [5.74, 6) is 1.91. The lowest BCUT2D eigenvalue weighted by atomic mass is 10.2. The maximum atomic E-state index is 5.68. The molecule has 1 heterocycles. The van der Waals surface area contributed by atoms with Gasteiger partial charge >= 0.3 is 0 Å². The molecule has 0 bridgehead atoms. The number of methoxy groups -OCH3 is 1. The van der Waals surface area contributed by atoms with E-state index in [1.54, 1.807) is 13.3 Å². The maximum Gasteiger partial charge on any atom is 0.138 e. The first-order valence-electron chi connectivity index (χ1n) is 5.69. The van der Waals surface area contributed by atoms with Crippen molar-refractivity contribution < 1.29 is 9.47 Å². The van der Waals surface area contributed by atoms with Crippen LogP contribution in [-0.2, 0) is 12.5 Å². The zero-order valence-corrected chi connectivity index (χ0v) is 12.7. The van der Waals surface area contributed by atoms with E-state index in [-0.39, 0.29) is 0 Å². The van der Waals surface area contributed by atoms with Crippen molar-refractivity contribution in [1.82, 2.24) is 4.98 Å². The molecule has 3 nitrogen and oxygen atoms in total. The molecular formula is C14H13BrClNO2. The zero-order chi connectivity index (χ0) is 13.7. The molecule has 0 aliphatic rings. The first-order chi connectivity index (χ1) is 9.22. The van der Waals surface area contributed by atoms with Gasteiger partial charge in [-0.2, -0.15) is 0 Å². The molecule has 0 atom stereocenters. The van der Waals surface area contributed by atoms with Gasteiger partial charge in [0.1, 0.15) is 18.1 Å². The van der Waals surface area contributed by atoms with Crippen LogP contribution in [0.1, 0.15) is 11.3 Å². The molecule has 0 fully saturated rings. The van der Waals surface area contributed by atoms with Gasteiger partial charge in [-0.05, 0) is 30.3 Å². The second-order valence-corrected chi connectivity index (χ2v) is 5.05. The molecule has 19 heavy (non-hydrogen) atoms. The minimum atomic E-state index is 0.403. The molecule has 1 aromatic heterocycles. The Morgan fingerprint density at radius 1 is 1.26 bits per heavy atom. The molecule has 0 radical (unpaired) electrons. The molecule has 1 aromatic carbocycles. The monoisotopic (exact) mass is 341 g/mol. The van der Waals surface area contributed by atoms with E-state index in [2.05, 4.69) is 20.9 Å². The Morgan fingerprint density at radius 3 is 2.74 bits per heavy atom. The molecule has 0 N–H and O–H groups in total. The molecule has 0 spiro atoms. The van der Waals surface area contributed by atoms with Gasteiger partial charge in [-0.1, -0.05) is 15.9 Å². The molecule has 0 saturated carbocycles. The average molecular weight is 343 g/mol. The quantitative estimate of drug-likeness (QED) is 0.764. The fourth-order valence-electron chi connectivity index (χ4n) is 1.60. The van der Waals surface area contributed by atoms with Crippen molar-refractivity contribution in [3.8, 4) is 11.5 Å². The number of pyridine rings is 1. The summed E-state index contributed by atoms with van der Waals surface area (Å²) < 4.78 is 12.0. The van der Waals surface area contributed by atoms with E-state index in [9.17, 15) is 0 Å². The molecular weight excluding hydrogens is 330 g/mol. The first-order valence-corrected chi connectivity index (χ1v) is 7.02. The standard InChI is InChI=1S/C14H13BrClNO2/c1-18-14-5-2-11(15)6-10(14)9-19-13-4-3-12(7-16)17-8-13/h2-6,8H,7,9H2,1H3. The van der Waals surface area contributed by atoms with E-state index in [0.717, 1.165) is 21.5 Å². The fraction of sp³-hybridized carbons (Fsp3) is 0.214. The summed E-state index contributed by atoms with van der Waals surface area (Å²) in [7, 11) is 1.64. The highest BCUT2D eigenvalue weighted by Gasteiger charge is 2.05. The van der Waals surface area contributed by atoms with Gasteiger partial charge in [-0.15, -0.1) is 11.6 Å². The predicted octanol–water partition coefficient (Wildman–Crippen LogP) is 4.17. The van der Waals surface area contributed by atoms with Crippen LogP contribution in [0.5, 0.6) is 11.5 Å². The van der Waals surface area contributed by atoms with Crippen molar-refractivity contribution in [2.75, 3.05) is 7.11 Å². The molecule has 0 aliphatic carbocycles. The van der Waals surface area contributed by atoms with Crippen molar-refractivity contribution in [2.24, 2.45) is 0 Å². The Kier molecular flexibility index (Phi) is 5.05. The van der Waals surface area contributed by atoms with Crippen LogP contribution in [0.4, 0.5) is 0 Å². The van der Waals surface area contributed by atoms with Gasteiger partial charge in [-0.25, -0.2) is 0 Å². The lowest BCUT2D eigenvalue weighted by Gasteiger charge is -2.10. The summed E-state index contributed by atoms with van der Waals surface area (Å²) in [6.07, 6.45) is 1.67. The molecule has 0 unspecified atom stereocenters. The van der Waals surface area contributed by atoms with Crippen molar-refractivity contribution >= 4 is 27.5 Å². The number of hydrogen-bond donors (Lipinski definition) is 0. The van der Waals surface area contributed by atoms with Crippen LogP contribution in [0.2, 0.25) is 0 Å². The van der Waals surface area contributed by atoms with Gasteiger partial charge in [0, 0.05) is 10.0 Å². The zero-order valence-electron chi connectivity index (χ0n) is 10.4. The number of aromatic nitrogens is 1. The summed E-state index contributed by atoms with van der Waals surface area (Å²) in [6.45, 7) is 0.421. The molecule has 5 heteroatoms. The Labute approximate surface area is 125 Å². The third-order valence-electron chi connectivity index (χ3n) is 2.57. The Balaban J connectivity index is 2.07. The smallest absolute Gasteiger partial charge is 0.138 e. The van der Waals surface area contributed by atoms with Crippen molar-refractivity contribution in [3.05, 3.63) is 52.3 Å². The Morgan fingerprint density at radius 2 is 2.11 bits per heavy atom. The van der Waals surface area contributed by atoms with Crippen LogP contribution in [0, 0.1) is 0 Å². The number of halogens is 2. The number of nitrogens with zero attached hydrogens (tertiary/aromatic N) is 1. The number of benzene rings is 1. The molecule has 2 rings (SSSR count). The van der Waals surface area contributed by atoms with Gasteiger partial charge < -0.3 is 9.47 Å². The molecule has 0 saturated heterocycles. The largest absolute Gasteiger partial charge is 0.496 e. The summed E-state index contributed by atoms with van der Waals surface area (Å²) in [4.78, 5) is 4.17. The number of hydrogen-bond acceptors (Lipinski definition) is 3. The van der Waals surface area contributed by atoms with E-state index in [0.29, 0.717) is 18.2 Å². The normalized spacial score (nSPS) is 10.3. The van der Waals surface area contributed by atoms with Crippen LogP contribution in [0.3, 0.4) is 0 Å².